The topological polar surface area (TPSA) is 61.8 Å². The Morgan fingerprint density at radius 2 is 1.88 bits per heavy atom. The third-order valence-electron chi connectivity index (χ3n) is 3.12. The Labute approximate surface area is 149 Å². The summed E-state index contributed by atoms with van der Waals surface area (Å²) >= 11 is 3.37. The molecule has 0 bridgehead atoms. The molecule has 0 aliphatic carbocycles. The summed E-state index contributed by atoms with van der Waals surface area (Å²) in [6.45, 7) is 2.62. The molecule has 1 aromatic rings. The molecule has 1 aliphatic rings. The van der Waals surface area contributed by atoms with E-state index >= 15 is 0 Å². The normalized spacial score (nSPS) is 22.2. The standard InChI is InChI=1S/C18H17BrO5/c1-12(20)22-11-18-17(23-13(2)21)10-9-16(24-18)8-5-14-3-6-15(19)7-4-14/h3-4,6-7,9-10,16-18H,11H2,1-2H3/t16-,17+,18-/m1/s1. The van der Waals surface area contributed by atoms with Gasteiger partial charge in [-0.05, 0) is 36.4 Å². The Morgan fingerprint density at radius 1 is 1.17 bits per heavy atom. The number of ether oxygens (including phenoxy) is 3. The van der Waals surface area contributed by atoms with Gasteiger partial charge in [0.25, 0.3) is 0 Å². The van der Waals surface area contributed by atoms with Gasteiger partial charge in [-0.3, -0.25) is 9.59 Å². The van der Waals surface area contributed by atoms with Gasteiger partial charge >= 0.3 is 11.9 Å². The van der Waals surface area contributed by atoms with Crippen LogP contribution >= 0.6 is 15.9 Å². The van der Waals surface area contributed by atoms with Crippen LogP contribution in [-0.2, 0) is 23.8 Å². The SMILES string of the molecule is CC(=O)OC[C@H]1O[C@H](C#Cc2ccc(Br)cc2)C=C[C@@H]1OC(C)=O. The van der Waals surface area contributed by atoms with E-state index < -0.39 is 30.3 Å². The molecule has 0 N–H and O–H groups in total. The average molecular weight is 393 g/mol. The molecule has 2 rings (SSSR count). The van der Waals surface area contributed by atoms with Gasteiger partial charge in [0.1, 0.15) is 24.9 Å². The molecule has 0 saturated heterocycles. The lowest BCUT2D eigenvalue weighted by molar-refractivity contribution is -0.161. The highest BCUT2D eigenvalue weighted by Crippen LogP contribution is 2.17. The van der Waals surface area contributed by atoms with Crippen molar-refractivity contribution in [2.75, 3.05) is 6.61 Å². The number of rotatable bonds is 3. The lowest BCUT2D eigenvalue weighted by Crippen LogP contribution is -2.41. The molecule has 1 aliphatic heterocycles. The van der Waals surface area contributed by atoms with Crippen LogP contribution in [0.5, 0.6) is 0 Å². The summed E-state index contributed by atoms with van der Waals surface area (Å²) in [5.74, 6) is 5.16. The molecule has 0 radical (unpaired) electrons. The Bertz CT molecular complexity index is 684. The van der Waals surface area contributed by atoms with E-state index in [1.165, 1.54) is 13.8 Å². The van der Waals surface area contributed by atoms with Crippen LogP contribution in [0.15, 0.2) is 40.9 Å². The summed E-state index contributed by atoms with van der Waals surface area (Å²) in [5.41, 5.74) is 0.855. The fraction of sp³-hybridized carbons (Fsp3) is 0.333. The molecule has 3 atom stereocenters. The first-order chi connectivity index (χ1) is 11.4. The smallest absolute Gasteiger partial charge is 0.303 e. The van der Waals surface area contributed by atoms with E-state index in [0.29, 0.717) is 0 Å². The predicted molar refractivity (Wildman–Crippen MR) is 91.0 cm³/mol. The second-order valence-corrected chi connectivity index (χ2v) is 6.05. The van der Waals surface area contributed by atoms with Crippen molar-refractivity contribution in [3.05, 3.63) is 46.5 Å². The Kier molecular flexibility index (Phi) is 6.59. The summed E-state index contributed by atoms with van der Waals surface area (Å²) in [6.07, 6.45) is 1.77. The molecule has 0 saturated carbocycles. The first-order valence-corrected chi connectivity index (χ1v) is 8.15. The molecule has 24 heavy (non-hydrogen) atoms. The zero-order valence-electron chi connectivity index (χ0n) is 13.3. The third kappa shape index (κ3) is 5.84. The van der Waals surface area contributed by atoms with Crippen molar-refractivity contribution in [3.63, 3.8) is 0 Å². The van der Waals surface area contributed by atoms with Gasteiger partial charge in [-0.1, -0.05) is 27.8 Å². The van der Waals surface area contributed by atoms with Gasteiger partial charge < -0.3 is 14.2 Å². The van der Waals surface area contributed by atoms with E-state index in [9.17, 15) is 9.59 Å². The van der Waals surface area contributed by atoms with Crippen LogP contribution in [0.25, 0.3) is 0 Å². The fourth-order valence-electron chi connectivity index (χ4n) is 2.06. The molecular weight excluding hydrogens is 376 g/mol. The minimum Gasteiger partial charge on any atom is -0.463 e. The maximum absolute atomic E-state index is 11.2. The van der Waals surface area contributed by atoms with Crippen LogP contribution in [0, 0.1) is 11.8 Å². The molecule has 1 heterocycles. The van der Waals surface area contributed by atoms with Crippen LogP contribution in [0.3, 0.4) is 0 Å². The lowest BCUT2D eigenvalue weighted by Gasteiger charge is -2.29. The molecule has 0 spiro atoms. The van der Waals surface area contributed by atoms with Crippen LogP contribution in [-0.4, -0.2) is 36.9 Å². The second kappa shape index (κ2) is 8.67. The summed E-state index contributed by atoms with van der Waals surface area (Å²) < 4.78 is 16.9. The Balaban J connectivity index is 2.08. The highest BCUT2D eigenvalue weighted by atomic mass is 79.9. The molecule has 0 fully saturated rings. The zero-order chi connectivity index (χ0) is 17.5. The van der Waals surface area contributed by atoms with E-state index in [1.807, 2.05) is 24.3 Å². The number of hydrogen-bond donors (Lipinski definition) is 0. The van der Waals surface area contributed by atoms with Gasteiger partial charge in [0.05, 0.1) is 0 Å². The number of esters is 2. The van der Waals surface area contributed by atoms with Gasteiger partial charge in [0, 0.05) is 23.9 Å². The second-order valence-electron chi connectivity index (χ2n) is 5.13. The fourth-order valence-corrected chi connectivity index (χ4v) is 2.32. The summed E-state index contributed by atoms with van der Waals surface area (Å²) in [5, 5.41) is 0. The zero-order valence-corrected chi connectivity index (χ0v) is 14.9. The minimum atomic E-state index is -0.604. The van der Waals surface area contributed by atoms with E-state index in [-0.39, 0.29) is 6.61 Å². The lowest BCUT2D eigenvalue weighted by atomic mass is 10.1. The van der Waals surface area contributed by atoms with Gasteiger partial charge in [-0.2, -0.15) is 0 Å². The molecule has 6 heteroatoms. The molecule has 0 amide bonds. The maximum Gasteiger partial charge on any atom is 0.303 e. The van der Waals surface area contributed by atoms with Crippen molar-refractivity contribution in [2.24, 2.45) is 0 Å². The van der Waals surface area contributed by atoms with E-state index in [0.717, 1.165) is 10.0 Å². The van der Waals surface area contributed by atoms with E-state index in [2.05, 4.69) is 27.8 Å². The monoisotopic (exact) mass is 392 g/mol. The van der Waals surface area contributed by atoms with Crippen molar-refractivity contribution in [1.29, 1.82) is 0 Å². The third-order valence-corrected chi connectivity index (χ3v) is 3.65. The van der Waals surface area contributed by atoms with Crippen molar-refractivity contribution in [1.82, 2.24) is 0 Å². The average Bonchev–Trinajstić information content (AvgIpc) is 2.53. The highest BCUT2D eigenvalue weighted by Gasteiger charge is 2.29. The Hall–Kier alpha value is -2.10. The quantitative estimate of drug-likeness (QED) is 0.449. The highest BCUT2D eigenvalue weighted by molar-refractivity contribution is 9.10. The number of halogens is 1. The largest absolute Gasteiger partial charge is 0.463 e. The summed E-state index contributed by atoms with van der Waals surface area (Å²) in [7, 11) is 0. The van der Waals surface area contributed by atoms with Crippen molar-refractivity contribution >= 4 is 27.9 Å². The number of carbonyl (C=O) groups is 2. The van der Waals surface area contributed by atoms with Crippen LogP contribution in [0.4, 0.5) is 0 Å². The van der Waals surface area contributed by atoms with Gasteiger partial charge in [-0.15, -0.1) is 0 Å². The van der Waals surface area contributed by atoms with Crippen LogP contribution in [0.2, 0.25) is 0 Å². The van der Waals surface area contributed by atoms with Crippen LogP contribution < -0.4 is 0 Å². The first-order valence-electron chi connectivity index (χ1n) is 7.35. The van der Waals surface area contributed by atoms with Crippen molar-refractivity contribution in [2.45, 2.75) is 32.2 Å². The molecule has 0 aromatic heterocycles. The minimum absolute atomic E-state index is 0.00587. The molecule has 1 aromatic carbocycles. The van der Waals surface area contributed by atoms with Crippen molar-refractivity contribution in [3.8, 4) is 11.8 Å². The molecular formula is C18H17BrO5. The number of carbonyl (C=O) groups excluding carboxylic acids is 2. The number of hydrogen-bond acceptors (Lipinski definition) is 5. The van der Waals surface area contributed by atoms with Crippen molar-refractivity contribution < 1.29 is 23.8 Å². The molecule has 5 nitrogen and oxygen atoms in total. The van der Waals surface area contributed by atoms with E-state index in [1.54, 1.807) is 12.2 Å². The molecule has 0 unspecified atom stereocenters. The summed E-state index contributed by atoms with van der Waals surface area (Å²) in [4.78, 5) is 22.2. The number of benzene rings is 1. The van der Waals surface area contributed by atoms with Gasteiger partial charge in [0.15, 0.2) is 0 Å². The van der Waals surface area contributed by atoms with Gasteiger partial charge in [-0.25, -0.2) is 0 Å². The Morgan fingerprint density at radius 3 is 2.50 bits per heavy atom. The van der Waals surface area contributed by atoms with Crippen LogP contribution in [0.1, 0.15) is 19.4 Å². The first kappa shape index (κ1) is 18.2. The summed E-state index contributed by atoms with van der Waals surface area (Å²) in [6, 6.07) is 7.59. The van der Waals surface area contributed by atoms with Gasteiger partial charge in [0.2, 0.25) is 0 Å². The van der Waals surface area contributed by atoms with E-state index in [4.69, 9.17) is 14.2 Å². The predicted octanol–water partition coefficient (Wildman–Crippen LogP) is 2.62. The maximum atomic E-state index is 11.2. The molecule has 126 valence electrons.